The largest absolute Gasteiger partial charge is 0.495 e. The number of thioether (sulfide) groups is 1. The lowest BCUT2D eigenvalue weighted by Gasteiger charge is -2.27. The Morgan fingerprint density at radius 1 is 1.19 bits per heavy atom. The van der Waals surface area contributed by atoms with Crippen molar-refractivity contribution in [3.63, 3.8) is 0 Å². The first-order chi connectivity index (χ1) is 13.0. The molecule has 2 aliphatic rings. The number of fused-ring (bicyclic) bond motifs is 1. The summed E-state index contributed by atoms with van der Waals surface area (Å²) >= 11 is 1.42. The van der Waals surface area contributed by atoms with Crippen molar-refractivity contribution in [1.82, 2.24) is 0 Å². The van der Waals surface area contributed by atoms with Crippen molar-refractivity contribution in [1.29, 1.82) is 0 Å². The van der Waals surface area contributed by atoms with Crippen LogP contribution in [0.5, 0.6) is 5.75 Å². The predicted octanol–water partition coefficient (Wildman–Crippen LogP) is 3.11. The number of para-hydroxylation sites is 2. The van der Waals surface area contributed by atoms with Crippen LogP contribution < -0.4 is 9.64 Å². The summed E-state index contributed by atoms with van der Waals surface area (Å²) in [6, 6.07) is 13.6. The monoisotopic (exact) mass is 406 g/mol. The Balaban J connectivity index is 1.67. The zero-order chi connectivity index (χ0) is 19.0. The Morgan fingerprint density at radius 3 is 2.70 bits per heavy atom. The molecule has 1 fully saturated rings. The van der Waals surface area contributed by atoms with E-state index in [0.717, 1.165) is 5.69 Å². The molecule has 0 amide bonds. The lowest BCUT2D eigenvalue weighted by Crippen LogP contribution is -2.39. The van der Waals surface area contributed by atoms with E-state index in [2.05, 4.69) is 4.99 Å². The van der Waals surface area contributed by atoms with Gasteiger partial charge in [0, 0.05) is 5.75 Å². The van der Waals surface area contributed by atoms with Crippen LogP contribution in [0.15, 0.2) is 53.5 Å². The summed E-state index contributed by atoms with van der Waals surface area (Å²) in [6.45, 7) is 0. The molecule has 0 radical (unpaired) electrons. The van der Waals surface area contributed by atoms with Gasteiger partial charge in [-0.05, 0) is 23.8 Å². The van der Waals surface area contributed by atoms with E-state index in [4.69, 9.17) is 4.74 Å². The Kier molecular flexibility index (Phi) is 4.86. The Hall–Kier alpha value is -2.06. The number of hydrogen-bond acceptors (Lipinski definition) is 6. The number of nitrogens with zero attached hydrogens (tertiary/aromatic N) is 2. The van der Waals surface area contributed by atoms with Crippen molar-refractivity contribution in [3.05, 3.63) is 59.9 Å². The van der Waals surface area contributed by atoms with Gasteiger partial charge in [0.25, 0.3) is 0 Å². The van der Waals surface area contributed by atoms with Crippen LogP contribution in [0, 0.1) is 5.82 Å². The highest BCUT2D eigenvalue weighted by Crippen LogP contribution is 2.39. The van der Waals surface area contributed by atoms with Crippen LogP contribution in [0.4, 0.5) is 10.1 Å². The van der Waals surface area contributed by atoms with Crippen LogP contribution in [0.3, 0.4) is 0 Å². The number of anilines is 1. The summed E-state index contributed by atoms with van der Waals surface area (Å²) in [5.41, 5.74) is 1.37. The highest BCUT2D eigenvalue weighted by molar-refractivity contribution is 8.13. The molecule has 2 aromatic rings. The molecule has 5 nitrogen and oxygen atoms in total. The number of rotatable bonds is 4. The van der Waals surface area contributed by atoms with Crippen molar-refractivity contribution in [3.8, 4) is 5.75 Å². The van der Waals surface area contributed by atoms with Crippen LogP contribution >= 0.6 is 11.8 Å². The van der Waals surface area contributed by atoms with Gasteiger partial charge < -0.3 is 9.64 Å². The average molecular weight is 407 g/mol. The zero-order valence-corrected chi connectivity index (χ0v) is 16.3. The number of hydrogen-bond donors (Lipinski definition) is 0. The number of methoxy groups -OCH3 is 1. The molecule has 0 aromatic heterocycles. The molecular formula is C19H19FN2O3S2. The number of ether oxygens (including phenoxy) is 1. The summed E-state index contributed by atoms with van der Waals surface area (Å²) in [5, 5.41) is 0.702. The van der Waals surface area contributed by atoms with Crippen LogP contribution in [0.2, 0.25) is 0 Å². The van der Waals surface area contributed by atoms with E-state index in [9.17, 15) is 12.8 Å². The molecule has 2 aliphatic heterocycles. The van der Waals surface area contributed by atoms with E-state index >= 15 is 0 Å². The predicted molar refractivity (Wildman–Crippen MR) is 107 cm³/mol. The maximum absolute atomic E-state index is 14.0. The van der Waals surface area contributed by atoms with Crippen LogP contribution in [-0.2, 0) is 15.6 Å². The van der Waals surface area contributed by atoms with Gasteiger partial charge in [0.15, 0.2) is 15.0 Å². The smallest absolute Gasteiger partial charge is 0.164 e. The van der Waals surface area contributed by atoms with E-state index in [1.165, 1.54) is 17.8 Å². The summed E-state index contributed by atoms with van der Waals surface area (Å²) in [7, 11) is -1.54. The zero-order valence-electron chi connectivity index (χ0n) is 14.7. The second kappa shape index (κ2) is 7.16. The molecule has 2 atom stereocenters. The fraction of sp³-hybridized carbons (Fsp3) is 0.316. The van der Waals surface area contributed by atoms with Gasteiger partial charge in [-0.1, -0.05) is 42.1 Å². The maximum atomic E-state index is 14.0. The molecule has 8 heteroatoms. The fourth-order valence-electron chi connectivity index (χ4n) is 3.50. The normalized spacial score (nSPS) is 23.2. The second-order valence-electron chi connectivity index (χ2n) is 6.55. The van der Waals surface area contributed by atoms with Gasteiger partial charge in [0.05, 0.1) is 36.4 Å². The quantitative estimate of drug-likeness (QED) is 0.781. The van der Waals surface area contributed by atoms with Gasteiger partial charge >= 0.3 is 0 Å². The fourth-order valence-corrected chi connectivity index (χ4v) is 6.45. The Labute approximate surface area is 162 Å². The summed E-state index contributed by atoms with van der Waals surface area (Å²) in [6.07, 6.45) is 0. The Morgan fingerprint density at radius 2 is 1.93 bits per heavy atom. The average Bonchev–Trinajstić information content (AvgIpc) is 3.12. The minimum Gasteiger partial charge on any atom is -0.495 e. The van der Waals surface area contributed by atoms with Crippen molar-refractivity contribution in [2.24, 2.45) is 4.99 Å². The first kappa shape index (κ1) is 18.3. The van der Waals surface area contributed by atoms with E-state index in [1.807, 2.05) is 29.2 Å². The van der Waals surface area contributed by atoms with Gasteiger partial charge in [-0.3, -0.25) is 4.99 Å². The molecule has 2 aromatic carbocycles. The second-order valence-corrected chi connectivity index (χ2v) is 9.64. The molecule has 142 valence electrons. The molecule has 4 rings (SSSR count). The summed E-state index contributed by atoms with van der Waals surface area (Å²) in [4.78, 5) is 6.62. The standard InChI is InChI=1S/C19H19FN2O3S2/c1-25-18-9-5-4-8-16(18)22-17-12-27(23,24)11-15(17)21-19(22)26-10-13-6-2-3-7-14(13)20/h2-9,15,17H,10-12H2,1H3/t15-,17+/m0/s1. The van der Waals surface area contributed by atoms with Gasteiger partial charge in [-0.2, -0.15) is 0 Å². The van der Waals surface area contributed by atoms with Gasteiger partial charge in [-0.25, -0.2) is 12.8 Å². The molecule has 0 aliphatic carbocycles. The van der Waals surface area contributed by atoms with Crippen molar-refractivity contribution < 1.29 is 17.5 Å². The third-order valence-corrected chi connectivity index (χ3v) is 7.48. The molecule has 1 saturated heterocycles. The summed E-state index contributed by atoms with van der Waals surface area (Å²) < 4.78 is 43.7. The minimum atomic E-state index is -3.12. The molecular weight excluding hydrogens is 387 g/mol. The highest BCUT2D eigenvalue weighted by atomic mass is 32.2. The molecule has 0 bridgehead atoms. The van der Waals surface area contributed by atoms with Crippen molar-refractivity contribution in [2.75, 3.05) is 23.5 Å². The van der Waals surface area contributed by atoms with Crippen LogP contribution in [0.1, 0.15) is 5.56 Å². The molecule has 27 heavy (non-hydrogen) atoms. The molecule has 2 heterocycles. The van der Waals surface area contributed by atoms with E-state index < -0.39 is 9.84 Å². The van der Waals surface area contributed by atoms with Crippen LogP contribution in [0.25, 0.3) is 0 Å². The lowest BCUT2D eigenvalue weighted by molar-refractivity contribution is 0.415. The lowest BCUT2D eigenvalue weighted by atomic mass is 10.1. The topological polar surface area (TPSA) is 59.0 Å². The van der Waals surface area contributed by atoms with Gasteiger partial charge in [-0.15, -0.1) is 0 Å². The molecule has 0 spiro atoms. The molecule has 0 N–H and O–H groups in total. The first-order valence-electron chi connectivity index (χ1n) is 8.55. The SMILES string of the molecule is COc1ccccc1N1C(SCc2ccccc2F)=N[C@H]2CS(=O)(=O)C[C@H]21. The third-order valence-electron chi connectivity index (χ3n) is 4.77. The number of aliphatic imine (C=N–C) groups is 1. The van der Waals surface area contributed by atoms with Gasteiger partial charge in [0.1, 0.15) is 11.6 Å². The maximum Gasteiger partial charge on any atom is 0.164 e. The first-order valence-corrected chi connectivity index (χ1v) is 11.4. The number of sulfone groups is 1. The van der Waals surface area contributed by atoms with Crippen molar-refractivity contribution >= 4 is 32.5 Å². The van der Waals surface area contributed by atoms with E-state index in [0.29, 0.717) is 22.2 Å². The number of halogens is 1. The third kappa shape index (κ3) is 3.55. The van der Waals surface area contributed by atoms with Gasteiger partial charge in [0.2, 0.25) is 0 Å². The number of amidine groups is 1. The van der Waals surface area contributed by atoms with Crippen molar-refractivity contribution in [2.45, 2.75) is 17.8 Å². The molecule has 0 saturated carbocycles. The van der Waals surface area contributed by atoms with E-state index in [1.54, 1.807) is 25.3 Å². The van der Waals surface area contributed by atoms with Crippen LogP contribution in [-0.4, -0.2) is 44.3 Å². The number of benzene rings is 2. The summed E-state index contributed by atoms with van der Waals surface area (Å²) in [5.74, 6) is 0.927. The highest BCUT2D eigenvalue weighted by Gasteiger charge is 2.47. The van der Waals surface area contributed by atoms with E-state index in [-0.39, 0.29) is 29.4 Å². The Bertz CT molecular complexity index is 994. The molecule has 0 unspecified atom stereocenters. The minimum absolute atomic E-state index is 0.0487.